The largest absolute Gasteiger partial charge is 0.320 e. The quantitative estimate of drug-likeness (QED) is 0.596. The molecule has 0 fully saturated rings. The van der Waals surface area contributed by atoms with Gasteiger partial charge in [0, 0.05) is 37.1 Å². The van der Waals surface area contributed by atoms with Crippen molar-refractivity contribution in [2.24, 2.45) is 12.0 Å². The molecule has 0 aliphatic carbocycles. The molecule has 27 heavy (non-hydrogen) atoms. The SMILES string of the molecule is CN(C)S(=O)(=O)c1cc(-c2cs/c(=N/c3ccc(Cl)cc3)n2C)ccc1Cl. The van der Waals surface area contributed by atoms with Gasteiger partial charge in [0.25, 0.3) is 0 Å². The predicted molar refractivity (Wildman–Crippen MR) is 111 cm³/mol. The van der Waals surface area contributed by atoms with Gasteiger partial charge < -0.3 is 4.57 Å². The molecule has 142 valence electrons. The monoisotopic (exact) mass is 441 g/mol. The number of nitrogens with zero attached hydrogens (tertiary/aromatic N) is 3. The highest BCUT2D eigenvalue weighted by molar-refractivity contribution is 7.89. The van der Waals surface area contributed by atoms with Crippen LogP contribution in [-0.4, -0.2) is 31.4 Å². The van der Waals surface area contributed by atoms with Gasteiger partial charge in [-0.2, -0.15) is 0 Å². The molecule has 0 unspecified atom stereocenters. The Morgan fingerprint density at radius 2 is 1.74 bits per heavy atom. The summed E-state index contributed by atoms with van der Waals surface area (Å²) in [7, 11) is 1.20. The van der Waals surface area contributed by atoms with Crippen LogP contribution in [0, 0.1) is 0 Å². The van der Waals surface area contributed by atoms with Crippen molar-refractivity contribution in [3.63, 3.8) is 0 Å². The van der Waals surface area contributed by atoms with Crippen LogP contribution in [0.4, 0.5) is 5.69 Å². The van der Waals surface area contributed by atoms with Gasteiger partial charge in [0.15, 0.2) is 4.80 Å². The second kappa shape index (κ2) is 7.77. The molecule has 0 amide bonds. The van der Waals surface area contributed by atoms with Gasteiger partial charge in [-0.3, -0.25) is 0 Å². The zero-order chi connectivity index (χ0) is 19.8. The van der Waals surface area contributed by atoms with Crippen molar-refractivity contribution in [1.29, 1.82) is 0 Å². The molecule has 3 rings (SSSR count). The van der Waals surface area contributed by atoms with Gasteiger partial charge in [-0.1, -0.05) is 29.3 Å². The van der Waals surface area contributed by atoms with Crippen LogP contribution in [0.25, 0.3) is 11.3 Å². The lowest BCUT2D eigenvalue weighted by atomic mass is 10.2. The van der Waals surface area contributed by atoms with Crippen LogP contribution in [0.5, 0.6) is 0 Å². The van der Waals surface area contributed by atoms with E-state index < -0.39 is 10.0 Å². The van der Waals surface area contributed by atoms with Crippen LogP contribution in [0.2, 0.25) is 10.0 Å². The van der Waals surface area contributed by atoms with Crippen molar-refractivity contribution < 1.29 is 8.42 Å². The fraction of sp³-hybridized carbons (Fsp3) is 0.167. The van der Waals surface area contributed by atoms with Crippen molar-refractivity contribution in [1.82, 2.24) is 8.87 Å². The Morgan fingerprint density at radius 1 is 1.07 bits per heavy atom. The number of hydrogen-bond acceptors (Lipinski definition) is 4. The Bertz CT molecular complexity index is 1150. The minimum atomic E-state index is -3.64. The van der Waals surface area contributed by atoms with E-state index in [1.54, 1.807) is 30.3 Å². The van der Waals surface area contributed by atoms with Crippen molar-refractivity contribution >= 4 is 50.2 Å². The van der Waals surface area contributed by atoms with Gasteiger partial charge in [-0.05, 0) is 36.4 Å². The Kier molecular flexibility index (Phi) is 5.79. The Labute approximate surface area is 172 Å². The van der Waals surface area contributed by atoms with Gasteiger partial charge in [0.05, 0.1) is 16.4 Å². The molecule has 0 radical (unpaired) electrons. The standard InChI is InChI=1S/C18H17Cl2N3O2S2/c1-22(2)27(24,25)17-10-12(4-9-15(17)20)16-11-26-18(23(16)3)21-14-7-5-13(19)6-8-14/h4-11H,1-3H3/b21-18+. The number of hydrogen-bond donors (Lipinski definition) is 0. The number of aromatic nitrogens is 1. The van der Waals surface area contributed by atoms with E-state index in [0.29, 0.717) is 5.02 Å². The van der Waals surface area contributed by atoms with Crippen LogP contribution in [0.15, 0.2) is 57.7 Å². The minimum Gasteiger partial charge on any atom is -0.320 e. The first-order chi connectivity index (χ1) is 12.7. The predicted octanol–water partition coefficient (Wildman–Crippen LogP) is 4.54. The van der Waals surface area contributed by atoms with Crippen molar-refractivity contribution in [3.05, 3.63) is 62.7 Å². The summed E-state index contributed by atoms with van der Waals surface area (Å²) in [4.78, 5) is 5.47. The van der Waals surface area contributed by atoms with Crippen LogP contribution in [-0.2, 0) is 17.1 Å². The van der Waals surface area contributed by atoms with Crippen molar-refractivity contribution in [2.75, 3.05) is 14.1 Å². The third-order valence-corrected chi connectivity index (χ3v) is 7.43. The average molecular weight is 442 g/mol. The van der Waals surface area contributed by atoms with Gasteiger partial charge >= 0.3 is 0 Å². The van der Waals surface area contributed by atoms with E-state index in [0.717, 1.165) is 26.1 Å². The molecular formula is C18H17Cl2N3O2S2. The summed E-state index contributed by atoms with van der Waals surface area (Å²) in [5.74, 6) is 0. The maximum Gasteiger partial charge on any atom is 0.244 e. The Hall–Kier alpha value is -1.64. The summed E-state index contributed by atoms with van der Waals surface area (Å²) in [5, 5.41) is 2.78. The summed E-state index contributed by atoms with van der Waals surface area (Å²) in [6.07, 6.45) is 0. The Morgan fingerprint density at radius 3 is 2.37 bits per heavy atom. The summed E-state index contributed by atoms with van der Waals surface area (Å²) < 4.78 is 28.1. The van der Waals surface area contributed by atoms with Gasteiger partial charge in [0.2, 0.25) is 10.0 Å². The molecule has 0 atom stereocenters. The lowest BCUT2D eigenvalue weighted by Gasteiger charge is -2.14. The highest BCUT2D eigenvalue weighted by atomic mass is 35.5. The average Bonchev–Trinajstić information content (AvgIpc) is 2.98. The van der Waals surface area contributed by atoms with Crippen LogP contribution in [0.3, 0.4) is 0 Å². The molecule has 0 spiro atoms. The molecule has 1 heterocycles. The zero-order valence-electron chi connectivity index (χ0n) is 14.8. The molecule has 0 aliphatic rings. The second-order valence-corrected chi connectivity index (χ2v) is 9.78. The van der Waals surface area contributed by atoms with E-state index >= 15 is 0 Å². The van der Waals surface area contributed by atoms with Gasteiger partial charge in [0.1, 0.15) is 4.90 Å². The fourth-order valence-electron chi connectivity index (χ4n) is 2.42. The molecule has 0 saturated carbocycles. The molecule has 2 aromatic carbocycles. The van der Waals surface area contributed by atoms with E-state index in [1.165, 1.54) is 25.4 Å². The molecule has 0 saturated heterocycles. The molecule has 0 N–H and O–H groups in total. The summed E-state index contributed by atoms with van der Waals surface area (Å²) >= 11 is 13.5. The number of halogens is 2. The van der Waals surface area contributed by atoms with E-state index in [1.807, 2.05) is 29.1 Å². The molecule has 0 bridgehead atoms. The maximum absolute atomic E-state index is 12.5. The van der Waals surface area contributed by atoms with E-state index in [-0.39, 0.29) is 9.92 Å². The Balaban J connectivity index is 2.09. The number of rotatable bonds is 4. The molecule has 3 aromatic rings. The lowest BCUT2D eigenvalue weighted by Crippen LogP contribution is -2.22. The summed E-state index contributed by atoms with van der Waals surface area (Å²) in [5.41, 5.74) is 2.38. The van der Waals surface area contributed by atoms with Crippen LogP contribution >= 0.6 is 34.5 Å². The number of benzene rings is 2. The van der Waals surface area contributed by atoms with E-state index in [4.69, 9.17) is 23.2 Å². The highest BCUT2D eigenvalue weighted by Gasteiger charge is 2.22. The van der Waals surface area contributed by atoms with E-state index in [2.05, 4.69) is 4.99 Å². The third kappa shape index (κ3) is 4.12. The fourth-order valence-corrected chi connectivity index (χ4v) is 4.86. The minimum absolute atomic E-state index is 0.0778. The first-order valence-electron chi connectivity index (χ1n) is 7.87. The van der Waals surface area contributed by atoms with Crippen molar-refractivity contribution in [2.45, 2.75) is 4.90 Å². The highest BCUT2D eigenvalue weighted by Crippen LogP contribution is 2.29. The topological polar surface area (TPSA) is 54.7 Å². The molecule has 5 nitrogen and oxygen atoms in total. The number of thiazole rings is 1. The number of sulfonamides is 1. The summed E-state index contributed by atoms with van der Waals surface area (Å²) in [6.45, 7) is 0. The molecular weight excluding hydrogens is 425 g/mol. The third-order valence-electron chi connectivity index (χ3n) is 3.96. The molecule has 9 heteroatoms. The van der Waals surface area contributed by atoms with Crippen LogP contribution in [0.1, 0.15) is 0 Å². The van der Waals surface area contributed by atoms with Gasteiger partial charge in [-0.15, -0.1) is 11.3 Å². The van der Waals surface area contributed by atoms with Crippen LogP contribution < -0.4 is 4.80 Å². The smallest absolute Gasteiger partial charge is 0.244 e. The maximum atomic E-state index is 12.5. The zero-order valence-corrected chi connectivity index (χ0v) is 18.0. The van der Waals surface area contributed by atoms with E-state index in [9.17, 15) is 8.42 Å². The first-order valence-corrected chi connectivity index (χ1v) is 10.9. The lowest BCUT2D eigenvalue weighted by molar-refractivity contribution is 0.521. The van der Waals surface area contributed by atoms with Gasteiger partial charge in [-0.25, -0.2) is 17.7 Å². The molecule has 1 aromatic heterocycles. The molecule has 0 aliphatic heterocycles. The second-order valence-electron chi connectivity index (χ2n) is 5.98. The van der Waals surface area contributed by atoms with Crippen molar-refractivity contribution in [3.8, 4) is 11.3 Å². The normalized spacial score (nSPS) is 12.7. The summed E-state index contributed by atoms with van der Waals surface area (Å²) in [6, 6.07) is 12.2. The first kappa shape index (κ1) is 20.1.